The molecule has 0 aliphatic carbocycles. The van der Waals surface area contributed by atoms with Crippen molar-refractivity contribution in [3.63, 3.8) is 0 Å². The number of cyclic esters (lactones) is 1. The third-order valence-corrected chi connectivity index (χ3v) is 5.65. The molecule has 2 amide bonds. The fourth-order valence-corrected chi connectivity index (χ4v) is 3.73. The summed E-state index contributed by atoms with van der Waals surface area (Å²) in [7, 11) is 0. The first-order chi connectivity index (χ1) is 17.6. The molecule has 7 nitrogen and oxygen atoms in total. The Kier molecular flexibility index (Phi) is 7.42. The number of carbonyl (C=O) groups excluding carboxylic acids is 2. The molecule has 1 saturated heterocycles. The molecule has 1 aliphatic rings. The minimum atomic E-state index is -3.23. The highest BCUT2D eigenvalue weighted by atomic mass is 19.3. The van der Waals surface area contributed by atoms with Crippen LogP contribution >= 0.6 is 0 Å². The van der Waals surface area contributed by atoms with E-state index in [4.69, 9.17) is 4.74 Å². The molecule has 1 unspecified atom stereocenters. The van der Waals surface area contributed by atoms with Crippen molar-refractivity contribution >= 4 is 29.1 Å². The molecule has 37 heavy (non-hydrogen) atoms. The number of nitrogens with zero attached hydrogens (tertiary/aromatic N) is 1. The van der Waals surface area contributed by atoms with Crippen LogP contribution in [0.4, 0.5) is 39.4 Å². The highest BCUT2D eigenvalue weighted by Gasteiger charge is 2.34. The highest BCUT2D eigenvalue weighted by Crippen LogP contribution is 2.31. The lowest BCUT2D eigenvalue weighted by Crippen LogP contribution is -2.37. The van der Waals surface area contributed by atoms with Crippen molar-refractivity contribution in [2.45, 2.75) is 19.5 Å². The number of aryl methyl sites for hydroxylation is 1. The van der Waals surface area contributed by atoms with Crippen LogP contribution in [0, 0.1) is 18.6 Å². The minimum absolute atomic E-state index is 0.0680. The van der Waals surface area contributed by atoms with Crippen LogP contribution in [0.1, 0.15) is 5.56 Å². The quantitative estimate of drug-likeness (QED) is 0.444. The summed E-state index contributed by atoms with van der Waals surface area (Å²) in [5.41, 5.74) is 1.13. The second-order valence-electron chi connectivity index (χ2n) is 8.34. The van der Waals surface area contributed by atoms with Gasteiger partial charge in [-0.05, 0) is 30.2 Å². The van der Waals surface area contributed by atoms with Gasteiger partial charge in [-0.1, -0.05) is 42.0 Å². The van der Waals surface area contributed by atoms with Gasteiger partial charge < -0.3 is 15.4 Å². The Hall–Kier alpha value is -4.41. The van der Waals surface area contributed by atoms with E-state index in [-0.39, 0.29) is 17.9 Å². The van der Waals surface area contributed by atoms with Gasteiger partial charge >= 0.3 is 12.5 Å². The van der Waals surface area contributed by atoms with Crippen LogP contribution < -0.4 is 21.0 Å². The summed E-state index contributed by atoms with van der Waals surface area (Å²) in [6, 6.07) is 15.2. The van der Waals surface area contributed by atoms with E-state index < -0.39 is 53.8 Å². The van der Waals surface area contributed by atoms with Gasteiger partial charge in [0, 0.05) is 12.1 Å². The van der Waals surface area contributed by atoms with E-state index >= 15 is 0 Å². The number of halogens is 4. The minimum Gasteiger partial charge on any atom is -0.442 e. The van der Waals surface area contributed by atoms with E-state index in [9.17, 15) is 31.9 Å². The number of rotatable bonds is 7. The highest BCUT2D eigenvalue weighted by molar-refractivity contribution is 5.90. The fourth-order valence-electron chi connectivity index (χ4n) is 3.73. The average Bonchev–Trinajstić information content (AvgIpc) is 3.13. The van der Waals surface area contributed by atoms with Gasteiger partial charge in [-0.25, -0.2) is 13.6 Å². The summed E-state index contributed by atoms with van der Waals surface area (Å²) in [6.45, 7) is 1.31. The number of hydrogen-bond acceptors (Lipinski definition) is 5. The predicted octanol–water partition coefficient (Wildman–Crippen LogP) is 4.75. The van der Waals surface area contributed by atoms with Crippen LogP contribution in [0.5, 0.6) is 0 Å². The zero-order valence-corrected chi connectivity index (χ0v) is 19.4. The first-order valence-electron chi connectivity index (χ1n) is 11.1. The molecule has 3 aromatic carbocycles. The molecule has 0 spiro atoms. The normalized spacial score (nSPS) is 15.0. The third-order valence-electron chi connectivity index (χ3n) is 5.65. The predicted molar refractivity (Wildman–Crippen MR) is 129 cm³/mol. The van der Waals surface area contributed by atoms with Gasteiger partial charge in [0.25, 0.3) is 5.91 Å². The molecule has 0 saturated carbocycles. The molecule has 4 rings (SSSR count). The summed E-state index contributed by atoms with van der Waals surface area (Å²) < 4.78 is 59.6. The van der Waals surface area contributed by atoms with Crippen molar-refractivity contribution in [2.24, 2.45) is 0 Å². The maximum absolute atomic E-state index is 15.0. The maximum atomic E-state index is 15.0. The molecular formula is C26H21F4N3O4. The van der Waals surface area contributed by atoms with Crippen LogP contribution in [-0.4, -0.2) is 37.6 Å². The van der Waals surface area contributed by atoms with Gasteiger partial charge in [-0.3, -0.25) is 14.5 Å². The third kappa shape index (κ3) is 5.88. The molecule has 192 valence electrons. The lowest BCUT2D eigenvalue weighted by atomic mass is 10.1. The Balaban J connectivity index is 1.56. The summed E-state index contributed by atoms with van der Waals surface area (Å²) in [4.78, 5) is 36.6. The first-order valence-corrected chi connectivity index (χ1v) is 11.1. The molecule has 3 aromatic rings. The van der Waals surface area contributed by atoms with Gasteiger partial charge in [-0.15, -0.1) is 0 Å². The largest absolute Gasteiger partial charge is 0.442 e. The van der Waals surface area contributed by atoms with Crippen LogP contribution in [0.2, 0.25) is 0 Å². The molecule has 1 fully saturated rings. The lowest BCUT2D eigenvalue weighted by Gasteiger charge is -2.16. The number of ether oxygens (including phenoxy) is 1. The number of amides is 2. The zero-order chi connectivity index (χ0) is 26.7. The van der Waals surface area contributed by atoms with Crippen molar-refractivity contribution in [3.05, 3.63) is 88.1 Å². The van der Waals surface area contributed by atoms with Crippen LogP contribution in [0.15, 0.2) is 65.5 Å². The summed E-state index contributed by atoms with van der Waals surface area (Å²) in [6.07, 6.45) is -5.19. The number of anilines is 3. The van der Waals surface area contributed by atoms with Gasteiger partial charge in [0.05, 0.1) is 24.5 Å². The van der Waals surface area contributed by atoms with E-state index in [1.807, 2.05) is 36.5 Å². The first kappa shape index (κ1) is 25.7. The number of benzene rings is 2. The van der Waals surface area contributed by atoms with Crippen molar-refractivity contribution < 1.29 is 31.9 Å². The summed E-state index contributed by atoms with van der Waals surface area (Å²) in [5.74, 6) is -3.69. The molecule has 0 aromatic heterocycles. The Morgan fingerprint density at radius 2 is 1.70 bits per heavy atom. The summed E-state index contributed by atoms with van der Waals surface area (Å²) >= 11 is 0. The average molecular weight is 515 g/mol. The smallest absolute Gasteiger partial charge is 0.414 e. The molecular weight excluding hydrogens is 494 g/mol. The van der Waals surface area contributed by atoms with Crippen LogP contribution in [-0.2, 0) is 9.53 Å². The van der Waals surface area contributed by atoms with E-state index in [1.165, 1.54) is 18.2 Å². The summed E-state index contributed by atoms with van der Waals surface area (Å²) in [5, 5.41) is 4.44. The topological polar surface area (TPSA) is 87.7 Å². The second-order valence-corrected chi connectivity index (χ2v) is 8.34. The number of carbonyl (C=O) groups is 2. The Labute approximate surface area is 208 Å². The standard InChI is InChI=1S/C26H21F4N3O4/c1-14-5-7-15(8-6-14)16-3-2-4-22(34)21(9-16)32-23-19(27)10-17(11-20(23)28)33-13-18(37-26(33)36)12-31-25(35)24(29)30/h2-11,18,24H,12-13H2,1H3,(H,31,35)(H,32,34). The van der Waals surface area contributed by atoms with E-state index in [0.29, 0.717) is 5.56 Å². The van der Waals surface area contributed by atoms with E-state index in [2.05, 4.69) is 5.32 Å². The van der Waals surface area contributed by atoms with E-state index in [1.54, 1.807) is 6.07 Å². The molecule has 2 N–H and O–H groups in total. The molecule has 1 heterocycles. The Bertz CT molecular complexity index is 1380. The lowest BCUT2D eigenvalue weighted by molar-refractivity contribution is -0.132. The SMILES string of the molecule is Cc1ccc(-c2cccc(=O)c(Nc3c(F)cc(N4CC(CNC(=O)C(F)F)OC4=O)cc3F)c2)cc1. The van der Waals surface area contributed by atoms with E-state index in [0.717, 1.165) is 28.2 Å². The van der Waals surface area contributed by atoms with Crippen molar-refractivity contribution in [3.8, 4) is 11.1 Å². The fraction of sp³-hybridized carbons (Fsp3) is 0.192. The molecule has 1 atom stereocenters. The van der Waals surface area contributed by atoms with Gasteiger partial charge in [0.1, 0.15) is 11.8 Å². The molecule has 0 radical (unpaired) electrons. The number of nitrogens with one attached hydrogen (secondary N) is 2. The zero-order valence-electron chi connectivity index (χ0n) is 19.4. The number of alkyl halides is 2. The second kappa shape index (κ2) is 10.7. The monoisotopic (exact) mass is 515 g/mol. The van der Waals surface area contributed by atoms with Crippen molar-refractivity contribution in [1.29, 1.82) is 0 Å². The molecule has 0 bridgehead atoms. The van der Waals surface area contributed by atoms with Crippen molar-refractivity contribution in [2.75, 3.05) is 23.3 Å². The Morgan fingerprint density at radius 1 is 1.03 bits per heavy atom. The maximum Gasteiger partial charge on any atom is 0.414 e. The van der Waals surface area contributed by atoms with Crippen LogP contribution in [0.25, 0.3) is 11.1 Å². The van der Waals surface area contributed by atoms with Gasteiger partial charge in [0.2, 0.25) is 5.43 Å². The molecule has 11 heteroatoms. The number of hydrogen-bond donors (Lipinski definition) is 2. The van der Waals surface area contributed by atoms with Gasteiger partial charge in [0.15, 0.2) is 11.6 Å². The van der Waals surface area contributed by atoms with Crippen LogP contribution in [0.3, 0.4) is 0 Å². The van der Waals surface area contributed by atoms with Crippen molar-refractivity contribution in [1.82, 2.24) is 5.32 Å². The molecule has 1 aliphatic heterocycles. The Morgan fingerprint density at radius 3 is 2.35 bits per heavy atom. The van der Waals surface area contributed by atoms with Gasteiger partial charge in [-0.2, -0.15) is 8.78 Å².